The predicted molar refractivity (Wildman–Crippen MR) is 233 cm³/mol. The topological polar surface area (TPSA) is 30.7 Å². The van der Waals surface area contributed by atoms with E-state index in [0.29, 0.717) is 5.92 Å². The van der Waals surface area contributed by atoms with Gasteiger partial charge < -0.3 is 4.57 Å². The van der Waals surface area contributed by atoms with Crippen molar-refractivity contribution in [3.63, 3.8) is 0 Å². The number of nitrogens with zero attached hydrogens (tertiary/aromatic N) is 3. The lowest BCUT2D eigenvalue weighted by Crippen LogP contribution is -2.35. The van der Waals surface area contributed by atoms with Crippen LogP contribution in [0.1, 0.15) is 88.1 Å². The number of rotatable bonds is 5. The summed E-state index contributed by atoms with van der Waals surface area (Å²) in [6.45, 7) is 4.80. The van der Waals surface area contributed by atoms with Crippen molar-refractivity contribution in [3.05, 3.63) is 159 Å². The van der Waals surface area contributed by atoms with Crippen molar-refractivity contribution in [1.82, 2.24) is 14.5 Å². The van der Waals surface area contributed by atoms with Crippen molar-refractivity contribution in [3.8, 4) is 33.5 Å². The third-order valence-corrected chi connectivity index (χ3v) is 13.2. The molecule has 3 nitrogen and oxygen atoms in total. The maximum atomic E-state index is 5.32. The van der Waals surface area contributed by atoms with Gasteiger partial charge in [0.05, 0.1) is 16.6 Å². The van der Waals surface area contributed by atoms with Crippen molar-refractivity contribution in [2.75, 3.05) is 0 Å². The van der Waals surface area contributed by atoms with Crippen LogP contribution >= 0.6 is 0 Å². The number of hydrogen-bond acceptors (Lipinski definition) is 2. The summed E-state index contributed by atoms with van der Waals surface area (Å²) in [7, 11) is 0. The molecule has 2 atom stereocenters. The highest BCUT2D eigenvalue weighted by atomic mass is 15.0. The molecule has 0 saturated heterocycles. The summed E-state index contributed by atoms with van der Waals surface area (Å²) >= 11 is 0. The number of benzene rings is 4. The molecule has 3 heteroatoms. The Balaban J connectivity index is 0.949. The van der Waals surface area contributed by atoms with Crippen molar-refractivity contribution in [2.24, 2.45) is 5.92 Å². The number of hydrogen-bond donors (Lipinski definition) is 0. The molecule has 274 valence electrons. The van der Waals surface area contributed by atoms with E-state index >= 15 is 0 Å². The average Bonchev–Trinajstić information content (AvgIpc) is 3.70. The molecule has 2 unspecified atom stereocenters. The molecule has 0 radical (unpaired) electrons. The number of fused-ring (bicyclic) bond motifs is 7. The van der Waals surface area contributed by atoms with Gasteiger partial charge in [-0.2, -0.15) is 0 Å². The van der Waals surface area contributed by atoms with Crippen LogP contribution in [0.25, 0.3) is 74.4 Å². The van der Waals surface area contributed by atoms with Crippen LogP contribution in [0.2, 0.25) is 0 Å². The second kappa shape index (κ2) is 13.2. The molecule has 0 N–H and O–H groups in total. The lowest BCUT2D eigenvalue weighted by molar-refractivity contribution is 0.661. The highest BCUT2D eigenvalue weighted by Crippen LogP contribution is 2.49. The zero-order chi connectivity index (χ0) is 37.4. The minimum absolute atomic E-state index is 0.0271. The number of aromatic nitrogens is 3. The molecule has 5 aliphatic rings. The van der Waals surface area contributed by atoms with E-state index in [4.69, 9.17) is 9.97 Å². The van der Waals surface area contributed by atoms with E-state index in [9.17, 15) is 0 Å². The lowest BCUT2D eigenvalue weighted by Gasteiger charge is -2.22. The van der Waals surface area contributed by atoms with Gasteiger partial charge in [0.2, 0.25) is 0 Å². The van der Waals surface area contributed by atoms with Crippen molar-refractivity contribution in [1.29, 1.82) is 0 Å². The molecule has 0 fully saturated rings. The summed E-state index contributed by atoms with van der Waals surface area (Å²) in [4.78, 5) is 10.5. The molecular formula is C53H47N3. The average molecular weight is 726 g/mol. The monoisotopic (exact) mass is 725 g/mol. The van der Waals surface area contributed by atoms with Gasteiger partial charge in [-0.25, -0.2) is 9.97 Å². The smallest absolute Gasteiger partial charge is 0.136 e. The van der Waals surface area contributed by atoms with Gasteiger partial charge >= 0.3 is 0 Å². The van der Waals surface area contributed by atoms with E-state index in [-0.39, 0.29) is 11.3 Å². The Kier molecular flexibility index (Phi) is 7.88. The van der Waals surface area contributed by atoms with Crippen molar-refractivity contribution in [2.45, 2.75) is 76.5 Å². The molecule has 5 aliphatic carbocycles. The SMILES string of the molecule is CC1(C)c2ccccc2-c2cc3c(cc21)c1c(n3C2=CCCCC2)=CCC(C2=CCC(c3nc(-c4ccc(-c5ccccc5)cc4)c4c(n3)=CCCC=4)C=C2)C=1. The quantitative estimate of drug-likeness (QED) is 0.177. The standard InChI is InChI=1S/C53H47N3/c1-53(2)46-19-11-9-17-41(46)43-33-50-45(32-47(43)53)44-31-39(29-30-49(44)56(50)40-15-7-4-8-16-40)36-23-27-38(28-24-36)52-54-48-20-12-10-18-42(48)51(55-52)37-25-21-35(22-26-37)34-13-5-3-6-14-34/h3,5-6,9,11,13-15,17-27,30-33,38-39H,4,7-8,10,12,16,28-29H2,1-2H3. The van der Waals surface area contributed by atoms with E-state index < -0.39 is 0 Å². The molecule has 2 heterocycles. The molecule has 2 aromatic heterocycles. The van der Waals surface area contributed by atoms with Crippen molar-refractivity contribution < 1.29 is 0 Å². The zero-order valence-corrected chi connectivity index (χ0v) is 32.4. The van der Waals surface area contributed by atoms with E-state index in [1.165, 1.54) is 90.6 Å². The second-order valence-electron chi connectivity index (χ2n) is 16.9. The van der Waals surface area contributed by atoms with Crippen LogP contribution < -0.4 is 21.1 Å². The molecule has 11 rings (SSSR count). The first kappa shape index (κ1) is 33.5. The summed E-state index contributed by atoms with van der Waals surface area (Å²) in [5.74, 6) is 1.41. The molecule has 0 saturated carbocycles. The van der Waals surface area contributed by atoms with Crippen LogP contribution in [0, 0.1) is 5.92 Å². The van der Waals surface area contributed by atoms with Crippen molar-refractivity contribution >= 4 is 40.9 Å². The minimum Gasteiger partial charge on any atom is -0.314 e. The summed E-state index contributed by atoms with van der Waals surface area (Å²) in [6.07, 6.45) is 28.3. The fraction of sp³-hybridized carbons (Fsp3) is 0.245. The summed E-state index contributed by atoms with van der Waals surface area (Å²) in [5.41, 5.74) is 14.5. The Morgan fingerprint density at radius 1 is 0.643 bits per heavy atom. The maximum absolute atomic E-state index is 5.32. The first-order valence-electron chi connectivity index (χ1n) is 20.8. The normalized spacial score (nSPS) is 20.2. The molecule has 0 bridgehead atoms. The fourth-order valence-corrected chi connectivity index (χ4v) is 10.2. The van der Waals surface area contributed by atoms with Gasteiger partial charge in [-0.15, -0.1) is 0 Å². The molecule has 4 aromatic carbocycles. The van der Waals surface area contributed by atoms with Crippen LogP contribution in [0.3, 0.4) is 0 Å². The summed E-state index contributed by atoms with van der Waals surface area (Å²) < 4.78 is 2.63. The second-order valence-corrected chi connectivity index (χ2v) is 16.9. The first-order chi connectivity index (χ1) is 27.5. The third-order valence-electron chi connectivity index (χ3n) is 13.2. The fourth-order valence-electron chi connectivity index (χ4n) is 10.2. The van der Waals surface area contributed by atoms with Crippen LogP contribution in [-0.2, 0) is 5.41 Å². The largest absolute Gasteiger partial charge is 0.314 e. The lowest BCUT2D eigenvalue weighted by atomic mass is 9.82. The van der Waals surface area contributed by atoms with E-state index in [0.717, 1.165) is 54.5 Å². The van der Waals surface area contributed by atoms with Crippen LogP contribution in [0.4, 0.5) is 0 Å². The molecule has 56 heavy (non-hydrogen) atoms. The van der Waals surface area contributed by atoms with E-state index in [2.05, 4.69) is 158 Å². The van der Waals surface area contributed by atoms with Gasteiger partial charge in [0.25, 0.3) is 0 Å². The Morgan fingerprint density at radius 2 is 1.43 bits per heavy atom. The molecule has 0 amide bonds. The highest BCUT2D eigenvalue weighted by Gasteiger charge is 2.36. The molecule has 6 aromatic rings. The third kappa shape index (κ3) is 5.39. The first-order valence-corrected chi connectivity index (χ1v) is 20.8. The summed E-state index contributed by atoms with van der Waals surface area (Å²) in [5, 5.41) is 6.44. The highest BCUT2D eigenvalue weighted by molar-refractivity contribution is 5.95. The van der Waals surface area contributed by atoms with Gasteiger partial charge in [0, 0.05) is 49.7 Å². The van der Waals surface area contributed by atoms with E-state index in [1.807, 2.05) is 0 Å². The predicted octanol–water partition coefficient (Wildman–Crippen LogP) is 10.1. The van der Waals surface area contributed by atoms with Gasteiger partial charge in [0.1, 0.15) is 5.82 Å². The molecular weight excluding hydrogens is 679 g/mol. The van der Waals surface area contributed by atoms with Gasteiger partial charge in [0.15, 0.2) is 0 Å². The maximum Gasteiger partial charge on any atom is 0.136 e. The zero-order valence-electron chi connectivity index (χ0n) is 32.4. The van der Waals surface area contributed by atoms with Crippen LogP contribution in [-0.4, -0.2) is 14.5 Å². The van der Waals surface area contributed by atoms with Gasteiger partial charge in [-0.3, -0.25) is 0 Å². The Labute approximate surface area is 329 Å². The number of allylic oxidation sites excluding steroid dienone is 6. The van der Waals surface area contributed by atoms with Gasteiger partial charge in [-0.05, 0) is 102 Å². The molecule has 0 aliphatic heterocycles. The molecule has 0 spiro atoms. The van der Waals surface area contributed by atoms with E-state index in [1.54, 1.807) is 0 Å². The van der Waals surface area contributed by atoms with Crippen LogP contribution in [0.15, 0.2) is 121 Å². The van der Waals surface area contributed by atoms with Crippen LogP contribution in [0.5, 0.6) is 0 Å². The minimum atomic E-state index is -0.0271. The Morgan fingerprint density at radius 3 is 2.25 bits per heavy atom. The Hall–Kier alpha value is -5.80. The summed E-state index contributed by atoms with van der Waals surface area (Å²) in [6, 6.07) is 33.6. The van der Waals surface area contributed by atoms with Gasteiger partial charge in [-0.1, -0.05) is 141 Å². The Bertz CT molecular complexity index is 2930.